The summed E-state index contributed by atoms with van der Waals surface area (Å²) in [5, 5.41) is 8.47. The van der Waals surface area contributed by atoms with Gasteiger partial charge in [-0.3, -0.25) is 0 Å². The number of hydrogen-bond acceptors (Lipinski definition) is 2. The van der Waals surface area contributed by atoms with Gasteiger partial charge in [-0.2, -0.15) is 0 Å². The summed E-state index contributed by atoms with van der Waals surface area (Å²) in [6.07, 6.45) is 0. The molecule has 0 aromatic carbocycles. The fourth-order valence-corrected chi connectivity index (χ4v) is 0.732. The molecule has 84 valence electrons. The molecule has 0 radical (unpaired) electrons. The van der Waals surface area contributed by atoms with E-state index in [0.29, 0.717) is 11.0 Å². The van der Waals surface area contributed by atoms with Gasteiger partial charge in [0.05, 0.1) is 28.2 Å². The first-order valence-corrected chi connectivity index (χ1v) is 5.26. The molecule has 1 N–H and O–H groups in total. The van der Waals surface area contributed by atoms with Gasteiger partial charge in [-0.1, -0.05) is 0 Å². The van der Waals surface area contributed by atoms with Crippen LogP contribution in [-0.2, 0) is 4.57 Å². The summed E-state index contributed by atoms with van der Waals surface area (Å²) in [7, 11) is 12.0. The Kier molecular flexibility index (Phi) is 8.42. The minimum atomic E-state index is -0.105. The number of aliphatic hydroxyl groups excluding tert-OH is 1. The van der Waals surface area contributed by atoms with Crippen LogP contribution >= 0.6 is 7.92 Å². The van der Waals surface area contributed by atoms with Crippen LogP contribution in [0, 0.1) is 5.75 Å². The van der Waals surface area contributed by atoms with Crippen LogP contribution in [-0.4, -0.2) is 69.5 Å². The molecule has 0 fully saturated rings. The number of hydrogen-bond donors (Lipinski definition) is 1. The SMILES string of the molecule is C[N+](C)(C#P=O)CCO.C[N+](C)(C)C. The summed E-state index contributed by atoms with van der Waals surface area (Å²) in [6.45, 7) is 0.644. The molecule has 0 rings (SSSR count). The first-order valence-electron chi connectivity index (χ1n) is 4.45. The molecule has 0 aliphatic heterocycles. The van der Waals surface area contributed by atoms with Gasteiger partial charge in [0.2, 0.25) is 0 Å². The third kappa shape index (κ3) is 22.7. The van der Waals surface area contributed by atoms with E-state index in [4.69, 9.17) is 5.11 Å². The molecule has 0 saturated heterocycles. The van der Waals surface area contributed by atoms with Crippen molar-refractivity contribution in [1.82, 2.24) is 0 Å². The van der Waals surface area contributed by atoms with Crippen LogP contribution in [0.2, 0.25) is 0 Å². The van der Waals surface area contributed by atoms with Gasteiger partial charge in [-0.05, 0) is 0 Å². The Hall–Kier alpha value is -0.110. The summed E-state index contributed by atoms with van der Waals surface area (Å²) in [5.41, 5.74) is 0. The van der Waals surface area contributed by atoms with E-state index >= 15 is 0 Å². The van der Waals surface area contributed by atoms with Gasteiger partial charge in [-0.15, -0.1) is 0 Å². The van der Waals surface area contributed by atoms with E-state index in [1.807, 2.05) is 14.1 Å². The molecule has 0 aromatic heterocycles. The van der Waals surface area contributed by atoms with Gasteiger partial charge < -0.3 is 4.48 Å². The van der Waals surface area contributed by atoms with E-state index in [1.54, 1.807) is 0 Å². The van der Waals surface area contributed by atoms with Gasteiger partial charge in [0, 0.05) is 0 Å². The fraction of sp³-hybridized carbons (Fsp3) is 0.889. The molecule has 0 saturated carbocycles. The van der Waals surface area contributed by atoms with E-state index in [-0.39, 0.29) is 14.5 Å². The van der Waals surface area contributed by atoms with Crippen molar-refractivity contribution >= 4 is 7.92 Å². The minimum Gasteiger partial charge on any atom is -0.333 e. The second-order valence-electron chi connectivity index (χ2n) is 5.01. The van der Waals surface area contributed by atoms with Crippen molar-refractivity contribution in [2.24, 2.45) is 0 Å². The van der Waals surface area contributed by atoms with E-state index < -0.39 is 0 Å². The van der Waals surface area contributed by atoms with Gasteiger partial charge in [0.15, 0.2) is 0 Å². The zero-order valence-corrected chi connectivity index (χ0v) is 11.0. The van der Waals surface area contributed by atoms with Crippen LogP contribution in [0.3, 0.4) is 0 Å². The predicted molar refractivity (Wildman–Crippen MR) is 59.5 cm³/mol. The molecule has 0 heterocycles. The second kappa shape index (κ2) is 7.22. The summed E-state index contributed by atoms with van der Waals surface area (Å²) in [6, 6.07) is 0. The zero-order valence-electron chi connectivity index (χ0n) is 10.1. The first-order chi connectivity index (χ1) is 6.12. The Morgan fingerprint density at radius 1 is 1.14 bits per heavy atom. The van der Waals surface area contributed by atoms with Crippen LogP contribution in [0.1, 0.15) is 0 Å². The van der Waals surface area contributed by atoms with E-state index in [2.05, 4.69) is 33.9 Å². The van der Waals surface area contributed by atoms with Crippen LogP contribution in [0.4, 0.5) is 0 Å². The molecule has 0 aromatic rings. The van der Waals surface area contributed by atoms with Gasteiger partial charge in [0.1, 0.15) is 0 Å². The van der Waals surface area contributed by atoms with Crippen LogP contribution in [0.25, 0.3) is 0 Å². The molecule has 0 aliphatic rings. The number of likely N-dealkylation sites (N-methyl/N-ethyl adjacent to an activating group) is 1. The molecule has 5 heteroatoms. The van der Waals surface area contributed by atoms with E-state index in [9.17, 15) is 4.57 Å². The van der Waals surface area contributed by atoms with Crippen molar-refractivity contribution in [3.63, 3.8) is 0 Å². The largest absolute Gasteiger partial charge is 0.333 e. The first kappa shape index (κ1) is 16.3. The normalized spacial score (nSPS) is 11.1. The van der Waals surface area contributed by atoms with Crippen LogP contribution in [0.15, 0.2) is 0 Å². The maximum absolute atomic E-state index is 9.98. The summed E-state index contributed by atoms with van der Waals surface area (Å²) >= 11 is 0. The Balaban J connectivity index is 0. The third-order valence-corrected chi connectivity index (χ3v) is 1.59. The van der Waals surface area contributed by atoms with E-state index in [0.717, 1.165) is 4.48 Å². The molecular formula is C9H23N2O2P+2. The zero-order chi connectivity index (χ0) is 11.8. The van der Waals surface area contributed by atoms with Crippen LogP contribution in [0.5, 0.6) is 0 Å². The summed E-state index contributed by atoms with van der Waals surface area (Å²) < 4.78 is 11.3. The Morgan fingerprint density at radius 3 is 1.71 bits per heavy atom. The Morgan fingerprint density at radius 2 is 1.50 bits per heavy atom. The molecule has 4 nitrogen and oxygen atoms in total. The molecule has 0 spiro atoms. The average Bonchev–Trinajstić information content (AvgIpc) is 1.81. The molecule has 0 atom stereocenters. The topological polar surface area (TPSA) is 37.3 Å². The minimum absolute atomic E-state index is 0.0928. The molecule has 0 unspecified atom stereocenters. The van der Waals surface area contributed by atoms with Crippen molar-refractivity contribution in [2.75, 3.05) is 55.4 Å². The number of rotatable bonds is 2. The standard InChI is InChI=1S/C5H11NO2P.C4H12N/c1-6(2,3-4-7)5-9-8;1-5(2,3)4/h7H,3-4H2,1-2H3;1-4H3/q2*+1. The number of quaternary nitrogens is 2. The third-order valence-electron chi connectivity index (χ3n) is 0.971. The molecule has 0 aliphatic carbocycles. The van der Waals surface area contributed by atoms with Crippen molar-refractivity contribution in [2.45, 2.75) is 0 Å². The smallest absolute Gasteiger partial charge is 0.0675 e. The van der Waals surface area contributed by atoms with Gasteiger partial charge in [0.25, 0.3) is 0 Å². The molecule has 0 amide bonds. The second-order valence-corrected chi connectivity index (χ2v) is 5.39. The summed E-state index contributed by atoms with van der Waals surface area (Å²) in [4.78, 5) is 0. The maximum Gasteiger partial charge on any atom is 0.0675 e. The number of aliphatic hydroxyl groups is 1. The summed E-state index contributed by atoms with van der Waals surface area (Å²) in [5.74, 6) is 2.62. The van der Waals surface area contributed by atoms with Crippen LogP contribution < -0.4 is 0 Å². The van der Waals surface area contributed by atoms with Gasteiger partial charge >= 0.3 is 55.1 Å². The quantitative estimate of drug-likeness (QED) is 0.548. The van der Waals surface area contributed by atoms with Crippen molar-refractivity contribution in [3.8, 4) is 5.75 Å². The monoisotopic (exact) mass is 222 g/mol. The van der Waals surface area contributed by atoms with Crippen molar-refractivity contribution in [1.29, 1.82) is 0 Å². The van der Waals surface area contributed by atoms with Crippen molar-refractivity contribution in [3.05, 3.63) is 0 Å². The predicted octanol–water partition coefficient (Wildman–Crippen LogP) is 0.586. The molecule has 0 bridgehead atoms. The van der Waals surface area contributed by atoms with Crippen molar-refractivity contribution < 1.29 is 18.6 Å². The Labute approximate surface area is 88.4 Å². The molecule has 14 heavy (non-hydrogen) atoms. The maximum atomic E-state index is 9.98. The fourth-order valence-electron chi connectivity index (χ4n) is 0.411. The average molecular weight is 222 g/mol. The van der Waals surface area contributed by atoms with Gasteiger partial charge in [-0.25, -0.2) is 0 Å². The number of nitrogens with zero attached hydrogens (tertiary/aromatic N) is 2. The molecular weight excluding hydrogens is 199 g/mol. The van der Waals surface area contributed by atoms with E-state index in [1.165, 1.54) is 0 Å². The Bertz CT molecular complexity index is 233.